The molecule has 4 heterocycles. The molecule has 1 unspecified atom stereocenters. The Morgan fingerprint density at radius 2 is 2.00 bits per heavy atom. The van der Waals surface area contributed by atoms with Gasteiger partial charge in [-0.3, -0.25) is 0 Å². The lowest BCUT2D eigenvalue weighted by Crippen LogP contribution is -2.57. The van der Waals surface area contributed by atoms with Crippen molar-refractivity contribution in [3.8, 4) is 10.7 Å². The van der Waals surface area contributed by atoms with Crippen LogP contribution in [0.25, 0.3) is 27.3 Å². The Balaban J connectivity index is 1.62. The Bertz CT molecular complexity index is 1680. The van der Waals surface area contributed by atoms with Crippen LogP contribution in [0.3, 0.4) is 0 Å². The van der Waals surface area contributed by atoms with E-state index in [1.807, 2.05) is 0 Å². The molecular weight excluding hydrogens is 567 g/mol. The second-order valence-corrected chi connectivity index (χ2v) is 12.5. The number of aromatic nitrogens is 5. The summed E-state index contributed by atoms with van der Waals surface area (Å²) in [5, 5.41) is 13.7. The minimum absolute atomic E-state index is 0.00664. The number of piperazine rings is 1. The summed E-state index contributed by atoms with van der Waals surface area (Å²) in [5.41, 5.74) is 0.173. The van der Waals surface area contributed by atoms with E-state index in [4.69, 9.17) is 0 Å². The quantitative estimate of drug-likeness (QED) is 0.329. The van der Waals surface area contributed by atoms with Crippen molar-refractivity contribution >= 4 is 43.6 Å². The van der Waals surface area contributed by atoms with Gasteiger partial charge in [-0.15, -0.1) is 10.2 Å². The molecule has 2 aliphatic rings. The Kier molecular flexibility index (Phi) is 6.05. The van der Waals surface area contributed by atoms with Gasteiger partial charge in [-0.25, -0.2) is 31.4 Å². The highest BCUT2D eigenvalue weighted by Crippen LogP contribution is 2.40. The first-order chi connectivity index (χ1) is 18.3. The Hall–Kier alpha value is -3.02. The number of nitrogens with zero attached hydrogens (tertiary/aromatic N) is 6. The SMILES string of the molecule is CC1(NS(=O)(=O)c2cc(N3CCNC(C(F)(F)F)C3)c3c(c2)c(-c2nnc(C(F)F)s2)nc2ccnn23)CC1. The summed E-state index contributed by atoms with van der Waals surface area (Å²) in [5.74, 6) is 0. The van der Waals surface area contributed by atoms with E-state index >= 15 is 0 Å². The minimum atomic E-state index is -4.54. The summed E-state index contributed by atoms with van der Waals surface area (Å²) < 4.78 is 98.6. The van der Waals surface area contributed by atoms with Crippen molar-refractivity contribution in [2.24, 2.45) is 0 Å². The summed E-state index contributed by atoms with van der Waals surface area (Å²) in [7, 11) is -4.12. The zero-order chi connectivity index (χ0) is 27.7. The highest BCUT2D eigenvalue weighted by Gasteiger charge is 2.43. The minimum Gasteiger partial charge on any atom is -0.367 e. The van der Waals surface area contributed by atoms with Crippen molar-refractivity contribution in [3.63, 3.8) is 0 Å². The van der Waals surface area contributed by atoms with Crippen molar-refractivity contribution in [2.75, 3.05) is 24.5 Å². The molecule has 4 aromatic rings. The molecule has 39 heavy (non-hydrogen) atoms. The van der Waals surface area contributed by atoms with Crippen LogP contribution >= 0.6 is 11.3 Å². The average Bonchev–Trinajstić information content (AvgIpc) is 3.27. The predicted molar refractivity (Wildman–Crippen MR) is 132 cm³/mol. The number of alkyl halides is 5. The second-order valence-electron chi connectivity index (χ2n) is 9.81. The number of nitrogens with one attached hydrogen (secondary N) is 2. The number of benzene rings is 1. The van der Waals surface area contributed by atoms with Crippen LogP contribution in [-0.2, 0) is 10.0 Å². The van der Waals surface area contributed by atoms with Crippen LogP contribution in [0.15, 0.2) is 29.3 Å². The largest absolute Gasteiger partial charge is 0.405 e. The summed E-state index contributed by atoms with van der Waals surface area (Å²) in [6.07, 6.45) is -4.71. The third-order valence-corrected chi connectivity index (χ3v) is 9.37. The lowest BCUT2D eigenvalue weighted by atomic mass is 10.1. The Labute approximate surface area is 222 Å². The fourth-order valence-electron chi connectivity index (χ4n) is 4.56. The van der Waals surface area contributed by atoms with Gasteiger partial charge in [0, 0.05) is 36.6 Å². The number of hydrogen-bond donors (Lipinski definition) is 2. The molecule has 208 valence electrons. The Morgan fingerprint density at radius 1 is 1.23 bits per heavy atom. The molecule has 0 radical (unpaired) electrons. The van der Waals surface area contributed by atoms with Crippen LogP contribution in [0.2, 0.25) is 0 Å². The summed E-state index contributed by atoms with van der Waals surface area (Å²) in [4.78, 5) is 5.74. The molecule has 17 heteroatoms. The predicted octanol–water partition coefficient (Wildman–Crippen LogP) is 3.51. The van der Waals surface area contributed by atoms with Gasteiger partial charge in [0.2, 0.25) is 10.0 Å². The number of sulfonamides is 1. The normalized spacial score (nSPS) is 19.9. The van der Waals surface area contributed by atoms with Gasteiger partial charge in [-0.05, 0) is 31.9 Å². The highest BCUT2D eigenvalue weighted by molar-refractivity contribution is 7.89. The standard InChI is InChI=1S/C22H21F5N8O2S2/c1-21(3-4-21)33-39(36,37)11-8-12-16(19-31-32-20(38-19)18(23)24)30-15-2-5-29-35(15)17(12)13(9-11)34-7-6-28-14(10-34)22(25,26)27/h2,5,8-9,14,18,28,33H,3-4,6-7,10H2,1H3. The zero-order valence-corrected chi connectivity index (χ0v) is 21.8. The van der Waals surface area contributed by atoms with Crippen molar-refractivity contribution in [1.82, 2.24) is 34.8 Å². The summed E-state index contributed by atoms with van der Waals surface area (Å²) in [6.45, 7) is 1.41. The molecule has 1 saturated carbocycles. The van der Waals surface area contributed by atoms with Gasteiger partial charge in [0.25, 0.3) is 6.43 Å². The lowest BCUT2D eigenvalue weighted by Gasteiger charge is -2.36. The number of rotatable bonds is 6. The summed E-state index contributed by atoms with van der Waals surface area (Å²) in [6, 6.07) is 2.34. The smallest absolute Gasteiger partial charge is 0.367 e. The van der Waals surface area contributed by atoms with Gasteiger partial charge >= 0.3 is 6.18 Å². The van der Waals surface area contributed by atoms with Gasteiger partial charge in [0.05, 0.1) is 22.3 Å². The fraction of sp³-hybridized carbons (Fsp3) is 0.455. The first-order valence-corrected chi connectivity index (χ1v) is 14.2. The lowest BCUT2D eigenvalue weighted by molar-refractivity contribution is -0.155. The van der Waals surface area contributed by atoms with Crippen molar-refractivity contribution in [2.45, 2.75) is 48.8 Å². The van der Waals surface area contributed by atoms with Gasteiger partial charge < -0.3 is 10.2 Å². The van der Waals surface area contributed by atoms with E-state index in [9.17, 15) is 30.4 Å². The number of halogens is 5. The van der Waals surface area contributed by atoms with Gasteiger partial charge in [0.1, 0.15) is 11.7 Å². The van der Waals surface area contributed by atoms with Gasteiger partial charge in [0.15, 0.2) is 15.7 Å². The monoisotopic (exact) mass is 588 g/mol. The van der Waals surface area contributed by atoms with Crippen LogP contribution in [0.5, 0.6) is 0 Å². The molecule has 1 aliphatic heterocycles. The third kappa shape index (κ3) is 4.81. The average molecular weight is 589 g/mol. The fourth-order valence-corrected chi connectivity index (χ4v) is 6.78. The van der Waals surface area contributed by atoms with Crippen molar-refractivity contribution in [1.29, 1.82) is 0 Å². The van der Waals surface area contributed by atoms with E-state index in [-0.39, 0.29) is 50.9 Å². The maximum atomic E-state index is 13.7. The molecule has 6 rings (SSSR count). The molecule has 0 spiro atoms. The third-order valence-electron chi connectivity index (χ3n) is 6.81. The van der Waals surface area contributed by atoms with Crippen LogP contribution in [0.1, 0.15) is 31.2 Å². The summed E-state index contributed by atoms with van der Waals surface area (Å²) >= 11 is 0.597. The van der Waals surface area contributed by atoms with E-state index in [2.05, 4.69) is 30.3 Å². The molecule has 1 aromatic carbocycles. The first-order valence-electron chi connectivity index (χ1n) is 11.9. The van der Waals surface area contributed by atoms with Crippen molar-refractivity contribution < 1.29 is 30.4 Å². The molecule has 10 nitrogen and oxygen atoms in total. The van der Waals surface area contributed by atoms with Crippen molar-refractivity contribution in [3.05, 3.63) is 29.4 Å². The molecule has 1 atom stereocenters. The topological polar surface area (TPSA) is 117 Å². The molecule has 1 saturated heterocycles. The highest BCUT2D eigenvalue weighted by atomic mass is 32.2. The number of anilines is 1. The maximum Gasteiger partial charge on any atom is 0.405 e. The van der Waals surface area contributed by atoms with E-state index in [1.165, 1.54) is 33.8 Å². The Morgan fingerprint density at radius 3 is 2.67 bits per heavy atom. The maximum absolute atomic E-state index is 13.7. The molecule has 2 N–H and O–H groups in total. The van der Waals surface area contributed by atoms with E-state index in [0.717, 1.165) is 0 Å². The van der Waals surface area contributed by atoms with Gasteiger partial charge in [-0.2, -0.15) is 18.3 Å². The van der Waals surface area contributed by atoms with Crippen LogP contribution in [0.4, 0.5) is 27.6 Å². The number of hydrogen-bond acceptors (Lipinski definition) is 9. The molecular formula is C22H21F5N8O2S2. The van der Waals surface area contributed by atoms with Crippen LogP contribution in [0, 0.1) is 0 Å². The van der Waals surface area contributed by atoms with E-state index < -0.39 is 45.8 Å². The molecule has 0 bridgehead atoms. The zero-order valence-electron chi connectivity index (χ0n) is 20.2. The van der Waals surface area contributed by atoms with E-state index in [1.54, 1.807) is 6.92 Å². The molecule has 1 aliphatic carbocycles. The van der Waals surface area contributed by atoms with E-state index in [0.29, 0.717) is 24.2 Å². The van der Waals surface area contributed by atoms with Crippen LogP contribution in [-0.4, -0.2) is 70.6 Å². The second kappa shape index (κ2) is 9.00. The first kappa shape index (κ1) is 26.2. The molecule has 3 aromatic heterocycles. The number of fused-ring (bicyclic) bond motifs is 3. The van der Waals surface area contributed by atoms with Gasteiger partial charge in [-0.1, -0.05) is 11.3 Å². The van der Waals surface area contributed by atoms with Crippen LogP contribution < -0.4 is 14.9 Å². The molecule has 0 amide bonds. The molecule has 2 fully saturated rings.